The SMILES string of the molecule is NC(=O)c1cccc(N2CCC(c3c4cc(C(c5ccc(Cl)cc5)c5ccc(Cl)cc5)ccc4nn3C3CC3)CC2)c1. The first-order chi connectivity index (χ1) is 20.4. The number of carbonyl (C=O) groups excluding carboxylic acids is 1. The molecule has 1 aliphatic heterocycles. The summed E-state index contributed by atoms with van der Waals surface area (Å²) in [5, 5.41) is 7.85. The van der Waals surface area contributed by atoms with Gasteiger partial charge in [-0.2, -0.15) is 5.10 Å². The van der Waals surface area contributed by atoms with Crippen LogP contribution in [-0.2, 0) is 0 Å². The first kappa shape index (κ1) is 27.1. The van der Waals surface area contributed by atoms with Gasteiger partial charge in [-0.15, -0.1) is 0 Å². The van der Waals surface area contributed by atoms with Crippen LogP contribution in [0.2, 0.25) is 10.0 Å². The average molecular weight is 596 g/mol. The number of piperidine rings is 1. The second-order valence-electron chi connectivity index (χ2n) is 11.5. The van der Waals surface area contributed by atoms with Crippen molar-refractivity contribution in [2.75, 3.05) is 18.0 Å². The number of nitrogens with zero attached hydrogens (tertiary/aromatic N) is 3. The van der Waals surface area contributed by atoms with Crippen LogP contribution in [0.15, 0.2) is 91.0 Å². The molecule has 5 aromatic rings. The van der Waals surface area contributed by atoms with E-state index < -0.39 is 5.91 Å². The molecular weight excluding hydrogens is 563 g/mol. The number of carbonyl (C=O) groups is 1. The maximum absolute atomic E-state index is 11.7. The Labute approximate surface area is 255 Å². The number of hydrogen-bond donors (Lipinski definition) is 1. The van der Waals surface area contributed by atoms with Crippen LogP contribution in [0, 0.1) is 0 Å². The second kappa shape index (κ2) is 11.1. The maximum Gasteiger partial charge on any atom is 0.248 e. The molecule has 4 aromatic carbocycles. The zero-order valence-electron chi connectivity index (χ0n) is 23.2. The standard InChI is InChI=1S/C35H32Cl2N4O/c36-27-9-4-22(5-10-27)33(23-6-11-28(37)12-7-23)25-8-15-32-31(21-25)34(41(39-32)29-13-14-29)24-16-18-40(19-17-24)30-3-1-2-26(20-30)35(38)42/h1-12,15,20-21,24,29,33H,13-14,16-19H2,(H2,38,42). The highest BCUT2D eigenvalue weighted by molar-refractivity contribution is 6.30. The largest absolute Gasteiger partial charge is 0.371 e. The van der Waals surface area contributed by atoms with Gasteiger partial charge in [0.05, 0.1) is 11.6 Å². The Morgan fingerprint density at radius 3 is 2.00 bits per heavy atom. The van der Waals surface area contributed by atoms with E-state index >= 15 is 0 Å². The monoisotopic (exact) mass is 594 g/mol. The highest BCUT2D eigenvalue weighted by Gasteiger charge is 2.33. The molecule has 0 radical (unpaired) electrons. The van der Waals surface area contributed by atoms with E-state index in [1.165, 1.54) is 40.6 Å². The molecule has 7 rings (SSSR count). The van der Waals surface area contributed by atoms with Crippen molar-refractivity contribution in [3.8, 4) is 0 Å². The number of aromatic nitrogens is 2. The number of benzene rings is 4. The molecule has 1 saturated heterocycles. The van der Waals surface area contributed by atoms with Gasteiger partial charge in [0, 0.05) is 57.3 Å². The van der Waals surface area contributed by atoms with Gasteiger partial charge < -0.3 is 10.6 Å². The third kappa shape index (κ3) is 5.28. The van der Waals surface area contributed by atoms with Crippen LogP contribution in [0.3, 0.4) is 0 Å². The minimum absolute atomic E-state index is 0.0421. The van der Waals surface area contributed by atoms with Gasteiger partial charge in [-0.05, 0) is 97.0 Å². The van der Waals surface area contributed by atoms with E-state index in [0.717, 1.165) is 47.2 Å². The normalized spacial score (nSPS) is 15.9. The summed E-state index contributed by atoms with van der Waals surface area (Å²) in [5.41, 5.74) is 13.2. The Bertz CT molecular complexity index is 1710. The van der Waals surface area contributed by atoms with E-state index in [0.29, 0.717) is 17.5 Å². The lowest BCUT2D eigenvalue weighted by atomic mass is 9.84. The summed E-state index contributed by atoms with van der Waals surface area (Å²) in [4.78, 5) is 14.1. The van der Waals surface area contributed by atoms with Gasteiger partial charge in [0.2, 0.25) is 5.91 Å². The summed E-state index contributed by atoms with van der Waals surface area (Å²) in [7, 11) is 0. The van der Waals surface area contributed by atoms with Gasteiger partial charge in [0.15, 0.2) is 0 Å². The van der Waals surface area contributed by atoms with Gasteiger partial charge in [-0.3, -0.25) is 9.48 Å². The Balaban J connectivity index is 1.25. The van der Waals surface area contributed by atoms with Crippen molar-refractivity contribution in [1.82, 2.24) is 9.78 Å². The highest BCUT2D eigenvalue weighted by Crippen LogP contribution is 2.44. The summed E-state index contributed by atoms with van der Waals surface area (Å²) in [5.74, 6) is 0.0595. The molecule has 0 spiro atoms. The van der Waals surface area contributed by atoms with E-state index in [-0.39, 0.29) is 5.92 Å². The van der Waals surface area contributed by atoms with E-state index in [2.05, 4.69) is 58.1 Å². The fraction of sp³-hybridized carbons (Fsp3) is 0.257. The number of halogens is 2. The van der Waals surface area contributed by atoms with Crippen LogP contribution in [0.1, 0.15) is 76.3 Å². The molecule has 2 heterocycles. The molecular formula is C35H32Cl2N4O. The molecule has 1 aromatic heterocycles. The fourth-order valence-electron chi connectivity index (χ4n) is 6.48. The zero-order valence-corrected chi connectivity index (χ0v) is 24.7. The summed E-state index contributed by atoms with van der Waals surface area (Å²) in [6.45, 7) is 1.84. The number of nitrogens with two attached hydrogens (primary N) is 1. The van der Waals surface area contributed by atoms with Crippen LogP contribution < -0.4 is 10.6 Å². The summed E-state index contributed by atoms with van der Waals surface area (Å²) >= 11 is 12.5. The minimum Gasteiger partial charge on any atom is -0.371 e. The number of primary amides is 1. The molecule has 1 saturated carbocycles. The molecule has 0 unspecified atom stereocenters. The van der Waals surface area contributed by atoms with Gasteiger partial charge in [-0.1, -0.05) is 59.6 Å². The lowest BCUT2D eigenvalue weighted by Gasteiger charge is -2.34. The molecule has 0 bridgehead atoms. The molecule has 2 N–H and O–H groups in total. The smallest absolute Gasteiger partial charge is 0.248 e. The lowest BCUT2D eigenvalue weighted by molar-refractivity contribution is 0.100. The van der Waals surface area contributed by atoms with Gasteiger partial charge in [0.25, 0.3) is 0 Å². The number of fused-ring (bicyclic) bond motifs is 1. The Morgan fingerprint density at radius 2 is 1.40 bits per heavy atom. The first-order valence-corrected chi connectivity index (χ1v) is 15.4. The van der Waals surface area contributed by atoms with Crippen LogP contribution in [0.4, 0.5) is 5.69 Å². The van der Waals surface area contributed by atoms with Crippen LogP contribution in [0.5, 0.6) is 0 Å². The van der Waals surface area contributed by atoms with Crippen LogP contribution >= 0.6 is 23.2 Å². The predicted molar refractivity (Wildman–Crippen MR) is 171 cm³/mol. The topological polar surface area (TPSA) is 64.2 Å². The Morgan fingerprint density at radius 1 is 0.786 bits per heavy atom. The molecule has 2 fully saturated rings. The molecule has 5 nitrogen and oxygen atoms in total. The molecule has 7 heteroatoms. The van der Waals surface area contributed by atoms with E-state index in [1.807, 2.05) is 36.4 Å². The van der Waals surface area contributed by atoms with Crippen LogP contribution in [0.25, 0.3) is 10.9 Å². The molecule has 0 atom stereocenters. The Kier molecular flexibility index (Phi) is 7.17. The van der Waals surface area contributed by atoms with Crippen molar-refractivity contribution in [3.05, 3.63) is 129 Å². The molecule has 1 aliphatic carbocycles. The number of hydrogen-bond acceptors (Lipinski definition) is 3. The predicted octanol–water partition coefficient (Wildman–Crippen LogP) is 8.34. The first-order valence-electron chi connectivity index (χ1n) is 14.6. The summed E-state index contributed by atoms with van der Waals surface area (Å²) in [6.07, 6.45) is 4.42. The Hall–Kier alpha value is -3.80. The van der Waals surface area contributed by atoms with Crippen molar-refractivity contribution in [3.63, 3.8) is 0 Å². The molecule has 212 valence electrons. The molecule has 1 amide bonds. The number of anilines is 1. The lowest BCUT2D eigenvalue weighted by Crippen LogP contribution is -2.33. The summed E-state index contributed by atoms with van der Waals surface area (Å²) < 4.78 is 2.34. The molecule has 42 heavy (non-hydrogen) atoms. The third-order valence-electron chi connectivity index (χ3n) is 8.77. The van der Waals surface area contributed by atoms with Crippen molar-refractivity contribution >= 4 is 45.7 Å². The van der Waals surface area contributed by atoms with Gasteiger partial charge >= 0.3 is 0 Å². The van der Waals surface area contributed by atoms with E-state index in [9.17, 15) is 4.79 Å². The third-order valence-corrected chi connectivity index (χ3v) is 9.27. The second-order valence-corrected chi connectivity index (χ2v) is 12.4. The average Bonchev–Trinajstić information content (AvgIpc) is 3.79. The zero-order chi connectivity index (χ0) is 28.8. The van der Waals surface area contributed by atoms with Crippen molar-refractivity contribution in [1.29, 1.82) is 0 Å². The highest BCUT2D eigenvalue weighted by atomic mass is 35.5. The quantitative estimate of drug-likeness (QED) is 0.192. The number of rotatable bonds is 7. The van der Waals surface area contributed by atoms with Gasteiger partial charge in [-0.25, -0.2) is 0 Å². The van der Waals surface area contributed by atoms with Crippen molar-refractivity contribution in [2.24, 2.45) is 5.73 Å². The van der Waals surface area contributed by atoms with Crippen molar-refractivity contribution < 1.29 is 4.79 Å². The molecule has 2 aliphatic rings. The number of amides is 1. The van der Waals surface area contributed by atoms with Crippen LogP contribution in [-0.4, -0.2) is 28.8 Å². The van der Waals surface area contributed by atoms with E-state index in [4.69, 9.17) is 34.0 Å². The van der Waals surface area contributed by atoms with Gasteiger partial charge in [0.1, 0.15) is 0 Å². The fourth-order valence-corrected chi connectivity index (χ4v) is 6.73. The minimum atomic E-state index is -0.391. The summed E-state index contributed by atoms with van der Waals surface area (Å²) in [6, 6.07) is 31.2. The van der Waals surface area contributed by atoms with E-state index in [1.54, 1.807) is 6.07 Å². The maximum atomic E-state index is 11.7. The van der Waals surface area contributed by atoms with Crippen molar-refractivity contribution in [2.45, 2.75) is 43.6 Å².